The van der Waals surface area contributed by atoms with Crippen LogP contribution >= 0.6 is 0 Å². The van der Waals surface area contributed by atoms with Crippen molar-refractivity contribution in [1.82, 2.24) is 0 Å². The second-order valence-electron chi connectivity index (χ2n) is 6.07. The molecule has 3 nitrogen and oxygen atoms in total. The minimum Gasteiger partial charge on any atom is -0.502 e. The molecule has 0 atom stereocenters. The molecule has 0 aliphatic carbocycles. The van der Waals surface area contributed by atoms with Gasteiger partial charge in [0.2, 0.25) is 0 Å². The molecule has 2 aromatic carbocycles. The molecule has 1 aliphatic rings. The van der Waals surface area contributed by atoms with Crippen LogP contribution in [0.25, 0.3) is 0 Å². The molecule has 2 aromatic rings. The van der Waals surface area contributed by atoms with Crippen molar-refractivity contribution in [3.8, 4) is 6.07 Å². The third kappa shape index (κ3) is 3.04. The second kappa shape index (κ2) is 6.93. The Morgan fingerprint density at radius 1 is 1.25 bits per heavy atom. The summed E-state index contributed by atoms with van der Waals surface area (Å²) in [5.74, 6) is -0.288. The Hall–Kier alpha value is -1.89. The summed E-state index contributed by atoms with van der Waals surface area (Å²) in [5, 5.41) is 9.12. The summed E-state index contributed by atoms with van der Waals surface area (Å²) in [6.45, 7) is 9.08. The summed E-state index contributed by atoms with van der Waals surface area (Å²) >= 11 is 0. The fourth-order valence-corrected chi connectivity index (χ4v) is 2.90. The zero-order valence-corrected chi connectivity index (χ0v) is 16.2. The average molecular weight is 500 g/mol. The first-order valence-electron chi connectivity index (χ1n) is 7.60. The Morgan fingerprint density at radius 3 is 2.58 bits per heavy atom. The smallest absolute Gasteiger partial charge is 0.0992 e. The number of nitrogens with zero attached hydrogens (tertiary/aromatic N) is 3. The van der Waals surface area contributed by atoms with Gasteiger partial charge in [-0.15, -0.1) is 17.7 Å². The van der Waals surface area contributed by atoms with E-state index >= 15 is 0 Å². The predicted octanol–water partition coefficient (Wildman–Crippen LogP) is 4.20. The van der Waals surface area contributed by atoms with Crippen molar-refractivity contribution in [1.29, 1.82) is 5.26 Å². The molecule has 0 spiro atoms. The van der Waals surface area contributed by atoms with Gasteiger partial charge < -0.3 is 9.80 Å². The van der Waals surface area contributed by atoms with Crippen LogP contribution in [0.15, 0.2) is 36.4 Å². The number of halogens is 1. The van der Waals surface area contributed by atoms with Crippen LogP contribution in [0.3, 0.4) is 0 Å². The molecule has 127 valence electrons. The summed E-state index contributed by atoms with van der Waals surface area (Å²) in [5.41, 5.74) is 3.21. The van der Waals surface area contributed by atoms with Gasteiger partial charge in [0.15, 0.2) is 0 Å². The third-order valence-electron chi connectivity index (χ3n) is 4.31. The molecule has 1 radical (unpaired) electrons. The van der Waals surface area contributed by atoms with Gasteiger partial charge >= 0.3 is 0 Å². The maximum atomic E-state index is 13.2. The SMILES string of the molecule is CCN1[CH-]N(C(C)(C)c2[c-]cc(F)cc2)c2ccc(C#N)cc21.[Ir]. The number of rotatable bonds is 3. The van der Waals surface area contributed by atoms with E-state index in [4.69, 9.17) is 5.26 Å². The minimum atomic E-state index is -0.388. The van der Waals surface area contributed by atoms with Crippen LogP contribution in [-0.2, 0) is 25.6 Å². The Kier molecular flexibility index (Phi) is 5.32. The first kappa shape index (κ1) is 18.4. The summed E-state index contributed by atoms with van der Waals surface area (Å²) < 4.78 is 13.2. The summed E-state index contributed by atoms with van der Waals surface area (Å²) in [6, 6.07) is 15.5. The summed E-state index contributed by atoms with van der Waals surface area (Å²) in [6.07, 6.45) is 0. The van der Waals surface area contributed by atoms with Crippen molar-refractivity contribution in [3.63, 3.8) is 0 Å². The molecule has 0 N–H and O–H groups in total. The van der Waals surface area contributed by atoms with Crippen LogP contribution in [0.4, 0.5) is 15.8 Å². The van der Waals surface area contributed by atoms with Gasteiger partial charge in [0, 0.05) is 42.8 Å². The molecule has 0 amide bonds. The Morgan fingerprint density at radius 2 is 2.00 bits per heavy atom. The van der Waals surface area contributed by atoms with Crippen LogP contribution in [0.5, 0.6) is 0 Å². The predicted molar refractivity (Wildman–Crippen MR) is 89.2 cm³/mol. The van der Waals surface area contributed by atoms with Gasteiger partial charge in [-0.1, -0.05) is 0 Å². The van der Waals surface area contributed by atoms with Crippen LogP contribution in [0, 0.1) is 29.9 Å². The van der Waals surface area contributed by atoms with E-state index in [1.54, 1.807) is 6.07 Å². The van der Waals surface area contributed by atoms with E-state index in [1.807, 2.05) is 24.9 Å². The number of fused-ring (bicyclic) bond motifs is 1. The number of nitriles is 1. The van der Waals surface area contributed by atoms with Crippen LogP contribution in [0.1, 0.15) is 31.9 Å². The van der Waals surface area contributed by atoms with Gasteiger partial charge in [0.05, 0.1) is 11.6 Å². The van der Waals surface area contributed by atoms with Crippen molar-refractivity contribution >= 4 is 11.4 Å². The molecule has 0 aromatic heterocycles. The molecular weight excluding hydrogens is 481 g/mol. The van der Waals surface area contributed by atoms with Gasteiger partial charge in [0.25, 0.3) is 0 Å². The minimum absolute atomic E-state index is 0. The Bertz CT molecular complexity index is 765. The van der Waals surface area contributed by atoms with Crippen molar-refractivity contribution in [2.45, 2.75) is 26.3 Å². The van der Waals surface area contributed by atoms with E-state index < -0.39 is 0 Å². The van der Waals surface area contributed by atoms with E-state index in [-0.39, 0.29) is 31.5 Å². The molecular formula is C19H18FIrN3-2. The number of benzene rings is 2. The maximum Gasteiger partial charge on any atom is 0.0992 e. The van der Waals surface area contributed by atoms with Crippen LogP contribution in [-0.4, -0.2) is 6.54 Å². The standard InChI is InChI=1S/C19H18FN3.Ir/c1-4-22-13-23(17-10-5-14(12-21)11-18(17)22)19(2,3)15-6-8-16(20)9-7-15;/h5-6,8-11,13H,4H2,1-3H3;/q-2;. The van der Waals surface area contributed by atoms with Gasteiger partial charge in [0.1, 0.15) is 0 Å². The quantitative estimate of drug-likeness (QED) is 0.594. The third-order valence-corrected chi connectivity index (χ3v) is 4.31. The van der Waals surface area contributed by atoms with Crippen molar-refractivity contribution in [2.75, 3.05) is 16.3 Å². The zero-order valence-electron chi connectivity index (χ0n) is 13.8. The molecule has 0 saturated heterocycles. The number of hydrogen-bond donors (Lipinski definition) is 0. The first-order chi connectivity index (χ1) is 11.0. The van der Waals surface area contributed by atoms with Gasteiger partial charge in [-0.25, -0.2) is 0 Å². The fourth-order valence-electron chi connectivity index (χ4n) is 2.90. The van der Waals surface area contributed by atoms with E-state index in [9.17, 15) is 4.39 Å². The molecule has 5 heteroatoms. The molecule has 0 unspecified atom stereocenters. The van der Waals surface area contributed by atoms with E-state index in [0.717, 1.165) is 23.5 Å². The van der Waals surface area contributed by atoms with E-state index in [0.29, 0.717) is 5.56 Å². The number of anilines is 2. The first-order valence-corrected chi connectivity index (χ1v) is 7.60. The monoisotopic (exact) mass is 500 g/mol. The zero-order chi connectivity index (χ0) is 16.6. The van der Waals surface area contributed by atoms with Crippen molar-refractivity contribution in [3.05, 3.63) is 66.1 Å². The van der Waals surface area contributed by atoms with Gasteiger partial charge in [-0.3, -0.25) is 4.39 Å². The topological polar surface area (TPSA) is 30.3 Å². The Labute approximate surface area is 156 Å². The summed E-state index contributed by atoms with van der Waals surface area (Å²) in [4.78, 5) is 4.26. The molecule has 1 heterocycles. The molecule has 24 heavy (non-hydrogen) atoms. The molecule has 0 bridgehead atoms. The van der Waals surface area contributed by atoms with Crippen molar-refractivity contribution in [2.24, 2.45) is 0 Å². The van der Waals surface area contributed by atoms with Crippen LogP contribution in [0.2, 0.25) is 0 Å². The molecule has 3 rings (SSSR count). The number of hydrogen-bond acceptors (Lipinski definition) is 3. The van der Waals surface area contributed by atoms with E-state index in [2.05, 4.69) is 42.7 Å². The molecule has 0 saturated carbocycles. The van der Waals surface area contributed by atoms with E-state index in [1.165, 1.54) is 12.1 Å². The van der Waals surface area contributed by atoms with Gasteiger partial charge in [-0.2, -0.15) is 24.1 Å². The fraction of sp³-hybridized carbons (Fsp3) is 0.263. The Balaban J connectivity index is 0.00000208. The average Bonchev–Trinajstić information content (AvgIpc) is 2.93. The van der Waals surface area contributed by atoms with Gasteiger partial charge in [-0.05, 0) is 45.5 Å². The summed E-state index contributed by atoms with van der Waals surface area (Å²) in [7, 11) is 0. The maximum absolute atomic E-state index is 13.2. The van der Waals surface area contributed by atoms with Crippen LogP contribution < -0.4 is 9.80 Å². The largest absolute Gasteiger partial charge is 0.502 e. The van der Waals surface area contributed by atoms with Crippen molar-refractivity contribution < 1.29 is 24.5 Å². The molecule has 1 aliphatic heterocycles. The second-order valence-corrected chi connectivity index (χ2v) is 6.07. The normalized spacial score (nSPS) is 13.3. The molecule has 0 fully saturated rings.